The fourth-order valence-electron chi connectivity index (χ4n) is 12.2. The molecule has 0 fully saturated rings. The van der Waals surface area contributed by atoms with Gasteiger partial charge in [0.25, 0.3) is 0 Å². The summed E-state index contributed by atoms with van der Waals surface area (Å²) in [7, 11) is 5.81. The van der Waals surface area contributed by atoms with Crippen LogP contribution >= 0.6 is 20.0 Å². The summed E-state index contributed by atoms with van der Waals surface area (Å²) in [4.78, 5) is 0. The predicted molar refractivity (Wildman–Crippen MR) is 235 cm³/mol. The van der Waals surface area contributed by atoms with Gasteiger partial charge in [0.2, 0.25) is 0 Å². The molecule has 0 nitrogen and oxygen atoms in total. The molecule has 0 radical (unpaired) electrons. The molecule has 0 rings (SSSR count). The van der Waals surface area contributed by atoms with Gasteiger partial charge < -0.3 is 0 Å². The SMILES string of the molecule is C[Si](C)(C)[CH]([Si](C)(C)C)[Ge]([Cl])([CH2][CH2][Ge]([Cl])([CH]([Si](C)(C)C)[Si](C)(C)C)[CH]([Si](C)(C)C)[Si](C)(C)C)[CH]([Si](C)(C)C)[Si](C)(C)C. The van der Waals surface area contributed by atoms with E-state index in [-0.39, 0.29) is 0 Å². The zero-order valence-corrected chi connectivity index (χ0v) is 47.2. The van der Waals surface area contributed by atoms with Gasteiger partial charge in [-0.05, 0) is 0 Å². The Morgan fingerprint density at radius 3 is 0.452 bits per heavy atom. The van der Waals surface area contributed by atoms with Crippen LogP contribution in [0.25, 0.3) is 0 Å². The number of rotatable bonds is 15. The van der Waals surface area contributed by atoms with Crippen molar-refractivity contribution in [3.05, 3.63) is 0 Å². The third-order valence-corrected chi connectivity index (χ3v) is 138. The fourth-order valence-corrected chi connectivity index (χ4v) is 217. The van der Waals surface area contributed by atoms with Gasteiger partial charge in [-0.25, -0.2) is 0 Å². The molecule has 0 aromatic heterocycles. The molecule has 0 amide bonds. The summed E-state index contributed by atoms with van der Waals surface area (Å²) in [6, 6.07) is 0. The van der Waals surface area contributed by atoms with Gasteiger partial charge in [-0.2, -0.15) is 0 Å². The van der Waals surface area contributed by atoms with Gasteiger partial charge in [0, 0.05) is 0 Å². The Morgan fingerprint density at radius 1 is 0.286 bits per heavy atom. The molecule has 0 aliphatic carbocycles. The molecule has 0 saturated carbocycles. The molecule has 0 spiro atoms. The van der Waals surface area contributed by atoms with Gasteiger partial charge in [-0.3, -0.25) is 0 Å². The predicted octanol–water partition coefficient (Wildman–Crippen LogP) is 13.9. The molecule has 0 bridgehead atoms. The first-order chi connectivity index (χ1) is 17.7. The Kier molecular flexibility index (Phi) is 15.1. The van der Waals surface area contributed by atoms with E-state index < -0.39 is 89.3 Å². The minimum atomic E-state index is -2.99. The van der Waals surface area contributed by atoms with Gasteiger partial charge in [0.15, 0.2) is 0 Å². The first kappa shape index (κ1) is 45.4. The van der Waals surface area contributed by atoms with E-state index in [1.165, 1.54) is 10.5 Å². The molecule has 42 heavy (non-hydrogen) atoms. The Bertz CT molecular complexity index is 696. The Hall–Kier alpha value is 3.40. The molecule has 0 N–H and O–H groups in total. The summed E-state index contributed by atoms with van der Waals surface area (Å²) in [5.74, 6) is 0. The van der Waals surface area contributed by atoms with Crippen LogP contribution in [-0.4, -0.2) is 89.3 Å². The van der Waals surface area contributed by atoms with E-state index in [1.807, 2.05) is 0 Å². The molecular weight excluding hydrogens is 801 g/mol. The van der Waals surface area contributed by atoms with E-state index >= 15 is 0 Å². The second-order valence-corrected chi connectivity index (χ2v) is 99.5. The summed E-state index contributed by atoms with van der Waals surface area (Å²) in [5, 5.41) is 2.78. The van der Waals surface area contributed by atoms with Crippen molar-refractivity contribution in [1.29, 1.82) is 0 Å². The van der Waals surface area contributed by atoms with Gasteiger partial charge in [-0.1, -0.05) is 0 Å². The van der Waals surface area contributed by atoms with E-state index in [0.717, 1.165) is 16.0 Å². The van der Waals surface area contributed by atoms with Gasteiger partial charge >= 0.3 is 293 Å². The fraction of sp³-hybridized carbons (Fsp3) is 1.00. The molecule has 0 aromatic rings. The van der Waals surface area contributed by atoms with E-state index in [0.29, 0.717) is 0 Å². The zero-order valence-electron chi connectivity index (χ0n) is 33.5. The average molecular weight is 882 g/mol. The molecule has 254 valence electrons. The van der Waals surface area contributed by atoms with E-state index in [1.54, 1.807) is 0 Å². The topological polar surface area (TPSA) is 0 Å². The van der Waals surface area contributed by atoms with Crippen molar-refractivity contribution in [2.75, 3.05) is 0 Å². The summed E-state index contributed by atoms with van der Waals surface area (Å²) < 4.78 is 3.53. The number of hydrogen-bond donors (Lipinski definition) is 0. The van der Waals surface area contributed by atoms with Crippen molar-refractivity contribution < 1.29 is 0 Å². The van der Waals surface area contributed by atoms with Gasteiger partial charge in [-0.15, -0.1) is 0 Å². The maximum atomic E-state index is 8.93. The molecular formula is C30H80Cl2Ge2Si8. The Morgan fingerprint density at radius 2 is 0.381 bits per heavy atom. The third-order valence-electron chi connectivity index (χ3n) is 9.74. The number of halogens is 2. The van der Waals surface area contributed by atoms with Crippen molar-refractivity contribution in [3.63, 3.8) is 0 Å². The molecule has 0 aliphatic heterocycles. The second kappa shape index (κ2) is 14.0. The van der Waals surface area contributed by atoms with Crippen LogP contribution in [0.5, 0.6) is 0 Å². The molecule has 0 aromatic carbocycles. The molecule has 0 heterocycles. The molecule has 0 aliphatic rings. The Balaban J connectivity index is 8.09. The monoisotopic (exact) mass is 882 g/mol. The zero-order chi connectivity index (χ0) is 34.7. The van der Waals surface area contributed by atoms with Crippen LogP contribution in [0.3, 0.4) is 0 Å². The Labute approximate surface area is 290 Å². The maximum absolute atomic E-state index is 8.93. The minimum absolute atomic E-state index is 0.882. The second-order valence-electron chi connectivity index (χ2n) is 23.0. The summed E-state index contributed by atoms with van der Waals surface area (Å²) in [6.45, 7) is 65.0. The van der Waals surface area contributed by atoms with E-state index in [4.69, 9.17) is 20.0 Å². The first-order valence-electron chi connectivity index (χ1n) is 17.0. The van der Waals surface area contributed by atoms with Crippen LogP contribution in [0.4, 0.5) is 0 Å². The van der Waals surface area contributed by atoms with E-state index in [9.17, 15) is 0 Å². The number of hydrogen-bond acceptors (Lipinski definition) is 0. The normalized spacial score (nSPS) is 16.4. The first-order valence-corrected chi connectivity index (χ1v) is 59.0. The van der Waals surface area contributed by atoms with Gasteiger partial charge in [0.05, 0.1) is 0 Å². The van der Waals surface area contributed by atoms with Crippen LogP contribution in [0.1, 0.15) is 0 Å². The van der Waals surface area contributed by atoms with Crippen LogP contribution in [0.2, 0.25) is 184 Å². The van der Waals surface area contributed by atoms with Crippen LogP contribution in [0, 0.1) is 0 Å². The summed E-state index contributed by atoms with van der Waals surface area (Å²) in [5.41, 5.74) is 0. The average Bonchev–Trinajstić information content (AvgIpc) is 2.48. The van der Waals surface area contributed by atoms with Crippen LogP contribution < -0.4 is 0 Å². The molecule has 12 heteroatoms. The van der Waals surface area contributed by atoms with Gasteiger partial charge in [0.1, 0.15) is 0 Å². The van der Waals surface area contributed by atoms with Crippen molar-refractivity contribution in [1.82, 2.24) is 0 Å². The van der Waals surface area contributed by atoms with E-state index in [2.05, 4.69) is 157 Å². The van der Waals surface area contributed by atoms with Crippen LogP contribution in [0.15, 0.2) is 0 Å². The molecule has 0 atom stereocenters. The molecule has 0 saturated heterocycles. The van der Waals surface area contributed by atoms with Crippen molar-refractivity contribution in [2.24, 2.45) is 0 Å². The van der Waals surface area contributed by atoms with Crippen molar-refractivity contribution in [2.45, 2.75) is 184 Å². The van der Waals surface area contributed by atoms with Crippen molar-refractivity contribution in [3.8, 4) is 0 Å². The van der Waals surface area contributed by atoms with Crippen molar-refractivity contribution >= 4 is 109 Å². The van der Waals surface area contributed by atoms with Crippen LogP contribution in [-0.2, 0) is 0 Å². The standard InChI is InChI=1S/C30H80Cl2Ge2Si8/c1-35(2,3)27(36(4,5)6)33(31,28(37(7,8)9)38(10,11)12)25-26-34(32,29(39(13,14)15)40(16,17)18)30(41(19,20)21)42(22,23)24/h27-30H,25-26H2,1-24H3. The summed E-state index contributed by atoms with van der Waals surface area (Å²) in [6.07, 6.45) is 0. The quantitative estimate of drug-likeness (QED) is 0.144. The molecule has 0 unspecified atom stereocenters. The summed E-state index contributed by atoms with van der Waals surface area (Å²) >= 11 is -5.98. The third kappa shape index (κ3) is 11.5.